The van der Waals surface area contributed by atoms with Crippen molar-refractivity contribution in [3.8, 4) is 5.75 Å². The van der Waals surface area contributed by atoms with Gasteiger partial charge in [0.25, 0.3) is 5.69 Å². The van der Waals surface area contributed by atoms with E-state index in [0.29, 0.717) is 16.9 Å². The first-order valence-corrected chi connectivity index (χ1v) is 6.63. The van der Waals surface area contributed by atoms with Gasteiger partial charge in [0.05, 0.1) is 17.6 Å². The summed E-state index contributed by atoms with van der Waals surface area (Å²) in [5, 5.41) is 11.0. The van der Waals surface area contributed by atoms with Crippen LogP contribution in [0.1, 0.15) is 21.5 Å². The molecule has 0 heterocycles. The summed E-state index contributed by atoms with van der Waals surface area (Å²) >= 11 is 0. The number of nitrogens with zero attached hydrogens (tertiary/aromatic N) is 1. The molecule has 0 aliphatic rings. The van der Waals surface area contributed by atoms with E-state index in [4.69, 9.17) is 4.74 Å². The zero-order valence-corrected chi connectivity index (χ0v) is 12.3. The maximum Gasteiger partial charge on any atom is 0.276 e. The summed E-state index contributed by atoms with van der Waals surface area (Å²) in [4.78, 5) is 22.7. The molecule has 0 atom stereocenters. The number of hydrogen-bond acceptors (Lipinski definition) is 4. The van der Waals surface area contributed by atoms with Crippen LogP contribution in [0.2, 0.25) is 0 Å². The van der Waals surface area contributed by atoms with Crippen molar-refractivity contribution in [2.45, 2.75) is 6.92 Å². The van der Waals surface area contributed by atoms with Gasteiger partial charge in [0.2, 0.25) is 0 Å². The van der Waals surface area contributed by atoms with Gasteiger partial charge < -0.3 is 4.74 Å². The fourth-order valence-electron chi connectivity index (χ4n) is 1.99. The van der Waals surface area contributed by atoms with Crippen molar-refractivity contribution in [3.63, 3.8) is 0 Å². The average Bonchev–Trinajstić information content (AvgIpc) is 2.53. The third-order valence-corrected chi connectivity index (χ3v) is 3.15. The number of hydrogen-bond donors (Lipinski definition) is 0. The van der Waals surface area contributed by atoms with Crippen molar-refractivity contribution >= 4 is 17.5 Å². The van der Waals surface area contributed by atoms with Gasteiger partial charge >= 0.3 is 0 Å². The Kier molecular flexibility index (Phi) is 4.68. The average molecular weight is 297 g/mol. The molecule has 0 amide bonds. The Bertz CT molecular complexity index is 750. The molecule has 2 aromatic carbocycles. The molecule has 5 heteroatoms. The molecule has 112 valence electrons. The van der Waals surface area contributed by atoms with E-state index < -0.39 is 4.92 Å². The second-order valence-electron chi connectivity index (χ2n) is 4.75. The van der Waals surface area contributed by atoms with Crippen molar-refractivity contribution in [3.05, 3.63) is 75.3 Å². The Morgan fingerprint density at radius 1 is 1.23 bits per heavy atom. The number of nitro groups is 1. The molecule has 0 spiro atoms. The molecular formula is C17H15NO4. The molecule has 22 heavy (non-hydrogen) atoms. The quantitative estimate of drug-likeness (QED) is 0.364. The lowest BCUT2D eigenvalue weighted by Gasteiger charge is -2.01. The molecule has 0 aromatic heterocycles. The van der Waals surface area contributed by atoms with Gasteiger partial charge in [-0.2, -0.15) is 0 Å². The molecule has 0 saturated carbocycles. The highest BCUT2D eigenvalue weighted by atomic mass is 16.6. The molecule has 0 aliphatic carbocycles. The van der Waals surface area contributed by atoms with Crippen molar-refractivity contribution in [2.75, 3.05) is 7.11 Å². The molecule has 0 aliphatic heterocycles. The Hall–Kier alpha value is -2.95. The van der Waals surface area contributed by atoms with Crippen LogP contribution in [-0.4, -0.2) is 17.8 Å². The maximum absolute atomic E-state index is 12.1. The highest BCUT2D eigenvalue weighted by Gasteiger charge is 2.12. The van der Waals surface area contributed by atoms with E-state index in [-0.39, 0.29) is 11.5 Å². The third kappa shape index (κ3) is 3.58. The van der Waals surface area contributed by atoms with Gasteiger partial charge in [-0.25, -0.2) is 0 Å². The molecule has 0 fully saturated rings. The fourth-order valence-corrected chi connectivity index (χ4v) is 1.99. The lowest BCUT2D eigenvalue weighted by molar-refractivity contribution is -0.385. The summed E-state index contributed by atoms with van der Waals surface area (Å²) in [6, 6.07) is 11.6. The van der Waals surface area contributed by atoms with E-state index in [2.05, 4.69) is 0 Å². The zero-order chi connectivity index (χ0) is 16.1. The highest BCUT2D eigenvalue weighted by Crippen LogP contribution is 2.22. The third-order valence-electron chi connectivity index (χ3n) is 3.15. The highest BCUT2D eigenvalue weighted by molar-refractivity contribution is 6.07. The molecule has 0 saturated heterocycles. The molecule has 0 bridgehead atoms. The number of rotatable bonds is 5. The minimum absolute atomic E-state index is 0.0188. The predicted octanol–water partition coefficient (Wildman–Crippen LogP) is 3.81. The SMILES string of the molecule is COc1cccc(C(=O)/C=C/c2ccc(C)cc2[N+](=O)[O-])c1. The lowest BCUT2D eigenvalue weighted by Crippen LogP contribution is -1.96. The molecule has 0 unspecified atom stereocenters. The number of nitro benzene ring substituents is 1. The van der Waals surface area contributed by atoms with Crippen LogP contribution in [0.4, 0.5) is 5.69 Å². The Morgan fingerprint density at radius 2 is 2.00 bits per heavy atom. The minimum atomic E-state index is -0.456. The standard InChI is InChI=1S/C17H15NO4/c1-12-6-7-13(16(10-12)18(20)21)8-9-17(19)14-4-3-5-15(11-14)22-2/h3-11H,1-2H3/b9-8+. The largest absolute Gasteiger partial charge is 0.497 e. The van der Waals surface area contributed by atoms with Gasteiger partial charge in [0.15, 0.2) is 5.78 Å². The van der Waals surface area contributed by atoms with Gasteiger partial charge in [-0.15, -0.1) is 0 Å². The fraction of sp³-hybridized carbons (Fsp3) is 0.118. The number of aryl methyl sites for hydroxylation is 1. The lowest BCUT2D eigenvalue weighted by atomic mass is 10.1. The van der Waals surface area contributed by atoms with E-state index in [1.165, 1.54) is 25.3 Å². The van der Waals surface area contributed by atoms with Crippen LogP contribution in [-0.2, 0) is 0 Å². The summed E-state index contributed by atoms with van der Waals surface area (Å²) in [5.74, 6) is 0.342. The van der Waals surface area contributed by atoms with Crippen LogP contribution in [0.25, 0.3) is 6.08 Å². The van der Waals surface area contributed by atoms with Gasteiger partial charge in [-0.05, 0) is 42.8 Å². The number of carbonyl (C=O) groups is 1. The second-order valence-corrected chi connectivity index (χ2v) is 4.75. The molecule has 0 radical (unpaired) electrons. The number of ketones is 1. The minimum Gasteiger partial charge on any atom is -0.497 e. The van der Waals surface area contributed by atoms with E-state index >= 15 is 0 Å². The van der Waals surface area contributed by atoms with Gasteiger partial charge in [-0.1, -0.05) is 18.2 Å². The summed E-state index contributed by atoms with van der Waals surface area (Å²) in [6.45, 7) is 1.78. The first kappa shape index (κ1) is 15.4. The summed E-state index contributed by atoms with van der Waals surface area (Å²) < 4.78 is 5.07. The van der Waals surface area contributed by atoms with Crippen molar-refractivity contribution in [1.29, 1.82) is 0 Å². The normalized spacial score (nSPS) is 10.6. The smallest absolute Gasteiger partial charge is 0.276 e. The molecule has 0 N–H and O–H groups in total. The van der Waals surface area contributed by atoms with Crippen molar-refractivity contribution in [1.82, 2.24) is 0 Å². The van der Waals surface area contributed by atoms with E-state index in [1.807, 2.05) is 0 Å². The van der Waals surface area contributed by atoms with Gasteiger partial charge in [0.1, 0.15) is 5.75 Å². The van der Waals surface area contributed by atoms with Crippen LogP contribution in [0.5, 0.6) is 5.75 Å². The number of allylic oxidation sites excluding steroid dienone is 1. The monoisotopic (exact) mass is 297 g/mol. The maximum atomic E-state index is 12.1. The van der Waals surface area contributed by atoms with E-state index in [9.17, 15) is 14.9 Å². The summed E-state index contributed by atoms with van der Waals surface area (Å²) in [6.07, 6.45) is 2.78. The zero-order valence-electron chi connectivity index (χ0n) is 12.3. The molecular weight excluding hydrogens is 282 g/mol. The van der Waals surface area contributed by atoms with Gasteiger partial charge in [-0.3, -0.25) is 14.9 Å². The van der Waals surface area contributed by atoms with E-state index in [1.54, 1.807) is 43.3 Å². The van der Waals surface area contributed by atoms with Crippen molar-refractivity contribution in [2.24, 2.45) is 0 Å². The summed E-state index contributed by atoms with van der Waals surface area (Å²) in [7, 11) is 1.52. The number of carbonyl (C=O) groups excluding carboxylic acids is 1. The van der Waals surface area contributed by atoms with Crippen LogP contribution in [0.3, 0.4) is 0 Å². The van der Waals surface area contributed by atoms with E-state index in [0.717, 1.165) is 5.56 Å². The second kappa shape index (κ2) is 6.67. The van der Waals surface area contributed by atoms with Crippen molar-refractivity contribution < 1.29 is 14.5 Å². The molecule has 2 rings (SSSR count). The number of methoxy groups -OCH3 is 1. The number of benzene rings is 2. The summed E-state index contributed by atoms with van der Waals surface area (Å²) in [5.41, 5.74) is 1.63. The predicted molar refractivity (Wildman–Crippen MR) is 84.2 cm³/mol. The molecule has 5 nitrogen and oxygen atoms in total. The Labute approximate surface area is 128 Å². The van der Waals surface area contributed by atoms with Crippen LogP contribution >= 0.6 is 0 Å². The topological polar surface area (TPSA) is 69.4 Å². The Morgan fingerprint density at radius 3 is 2.68 bits per heavy atom. The van der Waals surface area contributed by atoms with Crippen LogP contribution < -0.4 is 4.74 Å². The first-order chi connectivity index (χ1) is 10.5. The van der Waals surface area contributed by atoms with Crippen LogP contribution in [0.15, 0.2) is 48.5 Å². The van der Waals surface area contributed by atoms with Gasteiger partial charge in [0, 0.05) is 11.6 Å². The molecule has 2 aromatic rings. The number of ether oxygens (including phenoxy) is 1. The first-order valence-electron chi connectivity index (χ1n) is 6.63. The van der Waals surface area contributed by atoms with Crippen LogP contribution in [0, 0.1) is 17.0 Å². The Balaban J connectivity index is 2.28.